The molecule has 3 aromatic rings. The van der Waals surface area contributed by atoms with E-state index >= 15 is 0 Å². The van der Waals surface area contributed by atoms with Crippen molar-refractivity contribution < 1.29 is 0 Å². The van der Waals surface area contributed by atoms with Crippen LogP contribution in [0.2, 0.25) is 0 Å². The number of hydrogen-bond donors (Lipinski definition) is 0. The molecule has 1 aliphatic carbocycles. The highest BCUT2D eigenvalue weighted by molar-refractivity contribution is 5.86. The second-order valence-electron chi connectivity index (χ2n) is 9.36. The summed E-state index contributed by atoms with van der Waals surface area (Å²) in [5.41, 5.74) is 4.18. The molecular weight excluding hydrogens is 412 g/mol. The molecule has 1 saturated heterocycles. The Bertz CT molecular complexity index is 1270. The van der Waals surface area contributed by atoms with Crippen molar-refractivity contribution in [2.24, 2.45) is 7.05 Å². The van der Waals surface area contributed by atoms with Crippen molar-refractivity contribution in [2.45, 2.75) is 51.1 Å². The number of nitrogens with zero attached hydrogens (tertiary/aromatic N) is 6. The van der Waals surface area contributed by atoms with Crippen LogP contribution in [0.15, 0.2) is 41.2 Å². The number of piperazine rings is 1. The maximum absolute atomic E-state index is 12.6. The zero-order valence-corrected chi connectivity index (χ0v) is 19.5. The number of benzene rings is 1. The molecule has 1 saturated carbocycles. The fourth-order valence-corrected chi connectivity index (χ4v) is 5.17. The van der Waals surface area contributed by atoms with Crippen LogP contribution in [-0.4, -0.2) is 45.1 Å². The molecule has 33 heavy (non-hydrogen) atoms. The van der Waals surface area contributed by atoms with Gasteiger partial charge in [-0.1, -0.05) is 31.2 Å². The predicted octanol–water partition coefficient (Wildman–Crippen LogP) is 3.74. The number of pyridine rings is 1. The topological polar surface area (TPSA) is 78.0 Å². The molecule has 3 heterocycles. The minimum Gasteiger partial charge on any atom is -0.349 e. The molecule has 2 fully saturated rings. The van der Waals surface area contributed by atoms with E-state index in [-0.39, 0.29) is 11.7 Å². The number of aryl methyl sites for hydroxylation is 1. The summed E-state index contributed by atoms with van der Waals surface area (Å²) < 4.78 is 1.49. The number of fused-ring (bicyclic) bond motifs is 1. The van der Waals surface area contributed by atoms with Crippen LogP contribution in [0.4, 0.5) is 5.82 Å². The second kappa shape index (κ2) is 8.60. The van der Waals surface area contributed by atoms with Crippen LogP contribution < -0.4 is 10.6 Å². The molecular formula is C26H30N6O. The first-order valence-electron chi connectivity index (χ1n) is 11.9. The van der Waals surface area contributed by atoms with Gasteiger partial charge < -0.3 is 4.90 Å². The molecule has 1 aliphatic heterocycles. The summed E-state index contributed by atoms with van der Waals surface area (Å²) in [6, 6.07) is 15.3. The number of aromatic nitrogens is 3. The van der Waals surface area contributed by atoms with Gasteiger partial charge in [0.05, 0.1) is 5.52 Å². The summed E-state index contributed by atoms with van der Waals surface area (Å²) in [5.74, 6) is 1.36. The number of rotatable bonds is 5. The van der Waals surface area contributed by atoms with Gasteiger partial charge in [-0.05, 0) is 55.4 Å². The standard InChI is InChI=1S/C26H30N6O/c1-4-22(20-9-7-19(8-10-20)18-5-6-18)31-13-14-32(17(2)16-31)25-24-23(30(3)26(33)29-25)12-11-21(15-27)28-24/h7-12,17-18,22H,4-6,13-14,16H2,1-3H3. The van der Waals surface area contributed by atoms with Crippen molar-refractivity contribution in [1.29, 1.82) is 5.26 Å². The minimum absolute atomic E-state index is 0.161. The van der Waals surface area contributed by atoms with Crippen LogP contribution in [0.5, 0.6) is 0 Å². The normalized spacial score (nSPS) is 20.1. The molecule has 0 N–H and O–H groups in total. The highest BCUT2D eigenvalue weighted by Gasteiger charge is 2.31. The molecule has 2 aliphatic rings. The lowest BCUT2D eigenvalue weighted by molar-refractivity contribution is 0.160. The van der Waals surface area contributed by atoms with Crippen molar-refractivity contribution in [2.75, 3.05) is 24.5 Å². The Kier molecular flexibility index (Phi) is 5.63. The Balaban J connectivity index is 1.41. The first kappa shape index (κ1) is 21.6. The van der Waals surface area contributed by atoms with Crippen LogP contribution in [0.3, 0.4) is 0 Å². The lowest BCUT2D eigenvalue weighted by Gasteiger charge is -2.44. The van der Waals surface area contributed by atoms with E-state index in [1.54, 1.807) is 19.2 Å². The van der Waals surface area contributed by atoms with E-state index in [9.17, 15) is 10.1 Å². The summed E-state index contributed by atoms with van der Waals surface area (Å²) in [6.07, 6.45) is 3.70. The van der Waals surface area contributed by atoms with Gasteiger partial charge in [-0.15, -0.1) is 0 Å². The van der Waals surface area contributed by atoms with Crippen LogP contribution in [0.1, 0.15) is 61.9 Å². The predicted molar refractivity (Wildman–Crippen MR) is 129 cm³/mol. The van der Waals surface area contributed by atoms with Gasteiger partial charge in [0.25, 0.3) is 0 Å². The van der Waals surface area contributed by atoms with E-state index in [2.05, 4.69) is 63.9 Å². The van der Waals surface area contributed by atoms with Gasteiger partial charge in [-0.2, -0.15) is 10.2 Å². The third-order valence-corrected chi connectivity index (χ3v) is 7.18. The van der Waals surface area contributed by atoms with Gasteiger partial charge in [0, 0.05) is 38.8 Å². The van der Waals surface area contributed by atoms with Crippen molar-refractivity contribution >= 4 is 16.9 Å². The highest BCUT2D eigenvalue weighted by Crippen LogP contribution is 2.40. The Morgan fingerprint density at radius 1 is 1.12 bits per heavy atom. The van der Waals surface area contributed by atoms with Gasteiger partial charge in [0.1, 0.15) is 17.3 Å². The van der Waals surface area contributed by atoms with E-state index in [1.165, 1.54) is 28.5 Å². The van der Waals surface area contributed by atoms with E-state index in [4.69, 9.17) is 0 Å². The second-order valence-corrected chi connectivity index (χ2v) is 9.36. The largest absolute Gasteiger partial charge is 0.349 e. The van der Waals surface area contributed by atoms with E-state index in [0.717, 1.165) is 32.0 Å². The molecule has 2 aromatic heterocycles. The number of anilines is 1. The zero-order chi connectivity index (χ0) is 23.1. The molecule has 1 aromatic carbocycles. The van der Waals surface area contributed by atoms with Crippen LogP contribution in [0, 0.1) is 11.3 Å². The molecule has 0 spiro atoms. The van der Waals surface area contributed by atoms with Crippen molar-refractivity contribution in [3.63, 3.8) is 0 Å². The molecule has 5 rings (SSSR count). The van der Waals surface area contributed by atoms with Crippen molar-refractivity contribution in [1.82, 2.24) is 19.4 Å². The molecule has 7 heteroatoms. The number of nitriles is 1. The third-order valence-electron chi connectivity index (χ3n) is 7.18. The molecule has 0 radical (unpaired) electrons. The number of hydrogen-bond acceptors (Lipinski definition) is 6. The smallest absolute Gasteiger partial charge is 0.349 e. The van der Waals surface area contributed by atoms with Gasteiger partial charge in [0.2, 0.25) is 0 Å². The van der Waals surface area contributed by atoms with Crippen molar-refractivity contribution in [3.8, 4) is 6.07 Å². The molecule has 2 atom stereocenters. The van der Waals surface area contributed by atoms with Gasteiger partial charge >= 0.3 is 5.69 Å². The monoisotopic (exact) mass is 442 g/mol. The maximum Gasteiger partial charge on any atom is 0.349 e. The Morgan fingerprint density at radius 3 is 2.52 bits per heavy atom. The first-order chi connectivity index (χ1) is 16.0. The van der Waals surface area contributed by atoms with Crippen LogP contribution >= 0.6 is 0 Å². The fraction of sp³-hybridized carbons (Fsp3) is 0.462. The Morgan fingerprint density at radius 2 is 1.88 bits per heavy atom. The van der Waals surface area contributed by atoms with E-state index in [0.29, 0.717) is 28.6 Å². The average molecular weight is 443 g/mol. The van der Waals surface area contributed by atoms with Crippen molar-refractivity contribution in [3.05, 3.63) is 63.7 Å². The molecule has 170 valence electrons. The summed E-state index contributed by atoms with van der Waals surface area (Å²) in [7, 11) is 1.69. The Hall–Kier alpha value is -3.24. The van der Waals surface area contributed by atoms with Crippen LogP contribution in [-0.2, 0) is 7.05 Å². The van der Waals surface area contributed by atoms with Gasteiger partial charge in [-0.3, -0.25) is 9.47 Å². The summed E-state index contributed by atoms with van der Waals surface area (Å²) >= 11 is 0. The van der Waals surface area contributed by atoms with E-state index in [1.807, 2.05) is 0 Å². The summed E-state index contributed by atoms with van der Waals surface area (Å²) in [5, 5.41) is 9.33. The Labute approximate surface area is 194 Å². The SMILES string of the molecule is CCC(c1ccc(C2CC2)cc1)N1CCN(c2nc(=O)n(C)c3ccc(C#N)nc23)C(C)C1. The molecule has 2 unspecified atom stereocenters. The van der Waals surface area contributed by atoms with Crippen LogP contribution in [0.25, 0.3) is 11.0 Å². The maximum atomic E-state index is 12.6. The van der Waals surface area contributed by atoms with Gasteiger partial charge in [0.15, 0.2) is 5.82 Å². The zero-order valence-electron chi connectivity index (χ0n) is 19.5. The first-order valence-corrected chi connectivity index (χ1v) is 11.9. The molecule has 0 bridgehead atoms. The minimum atomic E-state index is -0.305. The lowest BCUT2D eigenvalue weighted by Crippen LogP contribution is -2.53. The quantitative estimate of drug-likeness (QED) is 0.599. The third kappa shape index (κ3) is 4.00. The average Bonchev–Trinajstić information content (AvgIpc) is 3.68. The fourth-order valence-electron chi connectivity index (χ4n) is 5.17. The lowest BCUT2D eigenvalue weighted by atomic mass is 9.98. The molecule has 7 nitrogen and oxygen atoms in total. The highest BCUT2D eigenvalue weighted by atomic mass is 16.1. The van der Waals surface area contributed by atoms with Gasteiger partial charge in [-0.25, -0.2) is 9.78 Å². The summed E-state index contributed by atoms with van der Waals surface area (Å²) in [4.78, 5) is 26.2. The van der Waals surface area contributed by atoms with E-state index < -0.39 is 0 Å². The summed E-state index contributed by atoms with van der Waals surface area (Å²) in [6.45, 7) is 6.93. The molecule has 0 amide bonds.